The highest BCUT2D eigenvalue weighted by molar-refractivity contribution is 4.72. The monoisotopic (exact) mass is 262 g/mol. The summed E-state index contributed by atoms with van der Waals surface area (Å²) in [6.45, 7) is 0.622. The van der Waals surface area contributed by atoms with E-state index >= 15 is 0 Å². The SMILES string of the molecule is COC1CCCCC(O)NN(C)NNCC1OC. The number of nitrogens with one attached hydrogen (secondary N) is 3. The van der Waals surface area contributed by atoms with Crippen LogP contribution >= 0.6 is 0 Å². The second kappa shape index (κ2) is 8.76. The third-order valence-electron chi connectivity index (χ3n) is 3.13. The average Bonchev–Trinajstić information content (AvgIpc) is 2.34. The Balaban J connectivity index is 2.51. The molecular weight excluding hydrogens is 236 g/mol. The fourth-order valence-electron chi connectivity index (χ4n) is 2.09. The summed E-state index contributed by atoms with van der Waals surface area (Å²) in [6.07, 6.45) is 3.13. The molecule has 0 aromatic rings. The van der Waals surface area contributed by atoms with Crippen LogP contribution in [0.3, 0.4) is 0 Å². The zero-order valence-electron chi connectivity index (χ0n) is 11.5. The summed E-state index contributed by atoms with van der Waals surface area (Å²) in [4.78, 5) is 0. The molecule has 0 saturated carbocycles. The van der Waals surface area contributed by atoms with E-state index in [1.807, 2.05) is 0 Å². The highest BCUT2D eigenvalue weighted by Crippen LogP contribution is 2.13. The van der Waals surface area contributed by atoms with Crippen LogP contribution in [0.1, 0.15) is 25.7 Å². The molecule has 0 aliphatic carbocycles. The average molecular weight is 262 g/mol. The second-order valence-electron chi connectivity index (χ2n) is 4.53. The number of hydrogen-bond acceptors (Lipinski definition) is 7. The number of hydrogen-bond donors (Lipinski definition) is 4. The molecule has 18 heavy (non-hydrogen) atoms. The van der Waals surface area contributed by atoms with Crippen molar-refractivity contribution < 1.29 is 14.6 Å². The number of nitrogens with zero attached hydrogens (tertiary/aromatic N) is 1. The van der Waals surface area contributed by atoms with Crippen LogP contribution in [-0.2, 0) is 9.47 Å². The molecule has 1 rings (SSSR count). The maximum Gasteiger partial charge on any atom is 0.118 e. The van der Waals surface area contributed by atoms with Crippen molar-refractivity contribution in [1.29, 1.82) is 0 Å². The van der Waals surface area contributed by atoms with Gasteiger partial charge in [0.05, 0.1) is 12.2 Å². The van der Waals surface area contributed by atoms with E-state index in [9.17, 15) is 5.11 Å². The molecule has 0 aromatic heterocycles. The Labute approximate surface area is 109 Å². The molecule has 7 nitrogen and oxygen atoms in total. The molecule has 1 heterocycles. The Morgan fingerprint density at radius 1 is 1.11 bits per heavy atom. The van der Waals surface area contributed by atoms with E-state index < -0.39 is 6.23 Å². The van der Waals surface area contributed by atoms with Gasteiger partial charge in [-0.15, -0.1) is 0 Å². The Morgan fingerprint density at radius 3 is 2.44 bits per heavy atom. The first-order valence-corrected chi connectivity index (χ1v) is 6.39. The largest absolute Gasteiger partial charge is 0.379 e. The maximum atomic E-state index is 9.71. The van der Waals surface area contributed by atoms with Crippen molar-refractivity contribution in [3.8, 4) is 0 Å². The lowest BCUT2D eigenvalue weighted by molar-refractivity contribution is -0.0534. The van der Waals surface area contributed by atoms with Crippen molar-refractivity contribution in [2.45, 2.75) is 44.1 Å². The number of aliphatic hydroxyl groups is 1. The van der Waals surface area contributed by atoms with E-state index in [1.165, 1.54) is 0 Å². The smallest absolute Gasteiger partial charge is 0.118 e. The molecule has 0 aromatic carbocycles. The molecular formula is C11H26N4O3. The van der Waals surface area contributed by atoms with E-state index in [0.29, 0.717) is 13.0 Å². The van der Waals surface area contributed by atoms with Gasteiger partial charge in [0.15, 0.2) is 0 Å². The molecule has 3 unspecified atom stereocenters. The molecule has 4 N–H and O–H groups in total. The zero-order chi connectivity index (χ0) is 13.4. The first-order valence-electron chi connectivity index (χ1n) is 6.39. The number of methoxy groups -OCH3 is 2. The van der Waals surface area contributed by atoms with Gasteiger partial charge in [-0.05, 0) is 19.3 Å². The summed E-state index contributed by atoms with van der Waals surface area (Å²) in [6, 6.07) is 0. The van der Waals surface area contributed by atoms with Gasteiger partial charge in [0, 0.05) is 27.8 Å². The Bertz CT molecular complexity index is 220. The van der Waals surface area contributed by atoms with E-state index in [2.05, 4.69) is 16.4 Å². The molecule has 0 bridgehead atoms. The molecule has 0 amide bonds. The van der Waals surface area contributed by atoms with Crippen LogP contribution in [-0.4, -0.2) is 56.5 Å². The first kappa shape index (κ1) is 15.8. The van der Waals surface area contributed by atoms with Gasteiger partial charge in [0.25, 0.3) is 0 Å². The maximum absolute atomic E-state index is 9.71. The summed E-state index contributed by atoms with van der Waals surface area (Å²) in [5, 5.41) is 11.3. The van der Waals surface area contributed by atoms with Gasteiger partial charge < -0.3 is 14.6 Å². The number of ether oxygens (including phenoxy) is 2. The third kappa shape index (κ3) is 5.57. The minimum Gasteiger partial charge on any atom is -0.379 e. The normalized spacial score (nSPS) is 33.7. The van der Waals surface area contributed by atoms with Crippen molar-refractivity contribution in [3.63, 3.8) is 0 Å². The summed E-state index contributed by atoms with van der Waals surface area (Å²) in [7, 11) is 5.19. The van der Waals surface area contributed by atoms with Gasteiger partial charge in [0.1, 0.15) is 6.23 Å². The second-order valence-corrected chi connectivity index (χ2v) is 4.53. The standard InChI is InChI=1S/C11H26N4O3/c1-15-13-11(16)7-5-4-6-9(17-2)10(18-3)8-12-14-15/h9-14,16H,4-8H2,1-3H3. The van der Waals surface area contributed by atoms with Crippen LogP contribution < -0.4 is 16.4 Å². The van der Waals surface area contributed by atoms with Crippen LogP contribution in [0.4, 0.5) is 0 Å². The molecule has 0 radical (unpaired) electrons. The predicted molar refractivity (Wildman–Crippen MR) is 68.1 cm³/mol. The van der Waals surface area contributed by atoms with Crippen LogP contribution in [0.25, 0.3) is 0 Å². The van der Waals surface area contributed by atoms with Crippen molar-refractivity contribution in [2.24, 2.45) is 0 Å². The molecule has 108 valence electrons. The summed E-state index contributed by atoms with van der Waals surface area (Å²) in [5.41, 5.74) is 8.85. The first-order chi connectivity index (χ1) is 8.67. The van der Waals surface area contributed by atoms with Gasteiger partial charge in [-0.3, -0.25) is 0 Å². The van der Waals surface area contributed by atoms with Crippen LogP contribution in [0.15, 0.2) is 0 Å². The molecule has 1 saturated heterocycles. The molecule has 1 aliphatic heterocycles. The van der Waals surface area contributed by atoms with E-state index in [-0.39, 0.29) is 12.2 Å². The van der Waals surface area contributed by atoms with Crippen molar-refractivity contribution in [1.82, 2.24) is 21.5 Å². The summed E-state index contributed by atoms with van der Waals surface area (Å²) in [5.74, 6) is 0. The molecule has 3 atom stereocenters. The minimum absolute atomic E-state index is 0.000231. The number of rotatable bonds is 2. The number of aliphatic hydroxyl groups excluding tert-OH is 1. The van der Waals surface area contributed by atoms with Crippen molar-refractivity contribution >= 4 is 0 Å². The quantitative estimate of drug-likeness (QED) is 0.527. The Hall–Kier alpha value is -0.280. The Morgan fingerprint density at radius 2 is 1.78 bits per heavy atom. The summed E-state index contributed by atoms with van der Waals surface area (Å²) < 4.78 is 10.9. The Kier molecular flexibility index (Phi) is 7.68. The van der Waals surface area contributed by atoms with E-state index in [1.54, 1.807) is 26.4 Å². The van der Waals surface area contributed by atoms with Gasteiger partial charge in [0.2, 0.25) is 0 Å². The highest BCUT2D eigenvalue weighted by Gasteiger charge is 2.21. The fourth-order valence-corrected chi connectivity index (χ4v) is 2.09. The third-order valence-corrected chi connectivity index (χ3v) is 3.13. The zero-order valence-corrected chi connectivity index (χ0v) is 11.5. The topological polar surface area (TPSA) is 78.0 Å². The van der Waals surface area contributed by atoms with Crippen molar-refractivity contribution in [2.75, 3.05) is 27.8 Å². The molecule has 0 spiro atoms. The van der Waals surface area contributed by atoms with E-state index in [4.69, 9.17) is 9.47 Å². The molecule has 1 aliphatic rings. The lowest BCUT2D eigenvalue weighted by Crippen LogP contribution is -2.57. The minimum atomic E-state index is -0.539. The highest BCUT2D eigenvalue weighted by atomic mass is 16.5. The summed E-state index contributed by atoms with van der Waals surface area (Å²) >= 11 is 0. The number of hydrazine groups is 3. The lowest BCUT2D eigenvalue weighted by Gasteiger charge is -2.29. The van der Waals surface area contributed by atoms with Crippen LogP contribution in [0.5, 0.6) is 0 Å². The van der Waals surface area contributed by atoms with Gasteiger partial charge in [-0.25, -0.2) is 10.9 Å². The van der Waals surface area contributed by atoms with Crippen molar-refractivity contribution in [3.05, 3.63) is 0 Å². The van der Waals surface area contributed by atoms with Crippen LogP contribution in [0.2, 0.25) is 0 Å². The van der Waals surface area contributed by atoms with Crippen LogP contribution in [0, 0.1) is 0 Å². The van der Waals surface area contributed by atoms with Gasteiger partial charge >= 0.3 is 0 Å². The molecule has 1 fully saturated rings. The fraction of sp³-hybridized carbons (Fsp3) is 1.00. The molecule has 7 heteroatoms. The van der Waals surface area contributed by atoms with Gasteiger partial charge in [-0.2, -0.15) is 10.7 Å². The van der Waals surface area contributed by atoms with E-state index in [0.717, 1.165) is 19.3 Å². The lowest BCUT2D eigenvalue weighted by atomic mass is 10.1. The van der Waals surface area contributed by atoms with Gasteiger partial charge in [-0.1, -0.05) is 6.42 Å². The predicted octanol–water partition coefficient (Wildman–Crippen LogP) is -0.646.